The lowest BCUT2D eigenvalue weighted by Gasteiger charge is -2.50. The van der Waals surface area contributed by atoms with Crippen LogP contribution in [0.15, 0.2) is 12.1 Å². The molecule has 26 heavy (non-hydrogen) atoms. The summed E-state index contributed by atoms with van der Waals surface area (Å²) in [4.78, 5) is 11.3. The van der Waals surface area contributed by atoms with Gasteiger partial charge in [-0.05, 0) is 85.5 Å². The van der Waals surface area contributed by atoms with Crippen LogP contribution in [0.2, 0.25) is 0 Å². The van der Waals surface area contributed by atoms with E-state index < -0.39 is 6.09 Å². The Bertz CT molecular complexity index is 716. The molecule has 1 aromatic rings. The zero-order valence-electron chi connectivity index (χ0n) is 16.0. The number of amides is 1. The molecule has 0 aromatic heterocycles. The summed E-state index contributed by atoms with van der Waals surface area (Å²) in [7, 11) is 0. The van der Waals surface area contributed by atoms with Gasteiger partial charge in [-0.15, -0.1) is 0 Å². The lowest BCUT2D eigenvalue weighted by molar-refractivity contribution is -0.0291. The summed E-state index contributed by atoms with van der Waals surface area (Å²) in [5.74, 6) is 2.31. The molecule has 0 radical (unpaired) electrons. The molecule has 1 aromatic carbocycles. The van der Waals surface area contributed by atoms with E-state index in [9.17, 15) is 9.90 Å². The Kier molecular flexibility index (Phi) is 4.40. The zero-order valence-corrected chi connectivity index (χ0v) is 16.0. The van der Waals surface area contributed by atoms with E-state index in [1.807, 2.05) is 6.07 Å². The number of carbonyl (C=O) groups excluding carboxylic acids is 1. The summed E-state index contributed by atoms with van der Waals surface area (Å²) >= 11 is 0. The fourth-order valence-corrected chi connectivity index (χ4v) is 6.41. The molecule has 0 spiro atoms. The zero-order chi connectivity index (χ0) is 18.5. The predicted molar refractivity (Wildman–Crippen MR) is 101 cm³/mol. The first-order chi connectivity index (χ1) is 12.4. The SMILES string of the molecule is CCCc1cc2c(cc1O)CC[C@@H]1[C@@H]2CC[C@]2(C)[C@@H](OC(N)=O)CC[C@@H]12. The summed E-state index contributed by atoms with van der Waals surface area (Å²) < 4.78 is 5.51. The van der Waals surface area contributed by atoms with Crippen LogP contribution in [0, 0.1) is 17.3 Å². The second-order valence-corrected chi connectivity index (χ2v) is 8.89. The van der Waals surface area contributed by atoms with Crippen LogP contribution in [0.4, 0.5) is 4.79 Å². The molecule has 4 rings (SSSR count). The number of phenolic OH excluding ortho intramolecular Hbond substituents is 1. The highest BCUT2D eigenvalue weighted by atomic mass is 16.6. The molecule has 4 heteroatoms. The van der Waals surface area contributed by atoms with Gasteiger partial charge in [-0.25, -0.2) is 4.79 Å². The van der Waals surface area contributed by atoms with Crippen molar-refractivity contribution in [2.45, 2.75) is 77.2 Å². The topological polar surface area (TPSA) is 72.6 Å². The van der Waals surface area contributed by atoms with E-state index in [1.165, 1.54) is 17.5 Å². The Hall–Kier alpha value is -1.71. The third kappa shape index (κ3) is 2.69. The van der Waals surface area contributed by atoms with Crippen LogP contribution in [-0.2, 0) is 17.6 Å². The van der Waals surface area contributed by atoms with Crippen LogP contribution in [-0.4, -0.2) is 17.3 Å². The fourth-order valence-electron chi connectivity index (χ4n) is 6.41. The average molecular weight is 357 g/mol. The number of phenols is 1. The molecule has 2 fully saturated rings. The molecule has 3 N–H and O–H groups in total. The number of ether oxygens (including phenoxy) is 1. The second-order valence-electron chi connectivity index (χ2n) is 8.89. The first kappa shape index (κ1) is 17.7. The standard InChI is InChI=1S/C22H31NO3/c1-3-4-14-11-17-13(12-19(14)24)5-6-16-15(17)9-10-22(2)18(16)7-8-20(22)26-21(23)25/h11-12,15-16,18,20,24H,3-10H2,1-2H3,(H2,23,25)/t15-,16+,18-,20-,22-/m0/s1. The Labute approximate surface area is 156 Å². The first-order valence-electron chi connectivity index (χ1n) is 10.2. The van der Waals surface area contributed by atoms with E-state index in [1.54, 1.807) is 0 Å². The summed E-state index contributed by atoms with van der Waals surface area (Å²) in [5, 5.41) is 10.3. The smallest absolute Gasteiger partial charge is 0.404 e. The molecule has 0 aliphatic heterocycles. The molecule has 0 heterocycles. The highest BCUT2D eigenvalue weighted by molar-refractivity contribution is 5.65. The van der Waals surface area contributed by atoms with Crippen LogP contribution in [0.1, 0.15) is 75.0 Å². The van der Waals surface area contributed by atoms with Crippen molar-refractivity contribution in [1.82, 2.24) is 0 Å². The molecule has 2 saturated carbocycles. The minimum absolute atomic E-state index is 0.0252. The van der Waals surface area contributed by atoms with Crippen LogP contribution in [0.25, 0.3) is 0 Å². The van der Waals surface area contributed by atoms with Gasteiger partial charge >= 0.3 is 6.09 Å². The summed E-state index contributed by atoms with van der Waals surface area (Å²) in [5.41, 5.74) is 9.31. The summed E-state index contributed by atoms with van der Waals surface area (Å²) in [6, 6.07) is 4.32. The largest absolute Gasteiger partial charge is 0.508 e. The number of nitrogens with two attached hydrogens (primary N) is 1. The molecule has 3 aliphatic rings. The van der Waals surface area contributed by atoms with E-state index in [0.29, 0.717) is 23.5 Å². The van der Waals surface area contributed by atoms with Crippen molar-refractivity contribution in [2.24, 2.45) is 23.0 Å². The molecule has 0 unspecified atom stereocenters. The van der Waals surface area contributed by atoms with Gasteiger partial charge in [0.1, 0.15) is 11.9 Å². The van der Waals surface area contributed by atoms with Crippen LogP contribution in [0.5, 0.6) is 5.75 Å². The minimum atomic E-state index is -0.632. The highest BCUT2D eigenvalue weighted by Crippen LogP contribution is 2.61. The lowest BCUT2D eigenvalue weighted by atomic mass is 9.55. The van der Waals surface area contributed by atoms with Gasteiger partial charge in [0.15, 0.2) is 0 Å². The van der Waals surface area contributed by atoms with Crippen molar-refractivity contribution >= 4 is 6.09 Å². The van der Waals surface area contributed by atoms with Gasteiger partial charge < -0.3 is 15.6 Å². The van der Waals surface area contributed by atoms with Crippen LogP contribution in [0.3, 0.4) is 0 Å². The van der Waals surface area contributed by atoms with Gasteiger partial charge in [0.25, 0.3) is 0 Å². The van der Waals surface area contributed by atoms with Gasteiger partial charge in [0.2, 0.25) is 0 Å². The molecule has 0 saturated heterocycles. The molecule has 3 aliphatic carbocycles. The Morgan fingerprint density at radius 3 is 2.85 bits per heavy atom. The number of fused-ring (bicyclic) bond motifs is 5. The third-order valence-electron chi connectivity index (χ3n) is 7.61. The quantitative estimate of drug-likeness (QED) is 0.826. The number of hydrogen-bond acceptors (Lipinski definition) is 3. The Balaban J connectivity index is 1.64. The number of aromatic hydroxyl groups is 1. The number of rotatable bonds is 3. The van der Waals surface area contributed by atoms with Crippen molar-refractivity contribution in [3.63, 3.8) is 0 Å². The monoisotopic (exact) mass is 357 g/mol. The van der Waals surface area contributed by atoms with Gasteiger partial charge in [0.05, 0.1) is 0 Å². The van der Waals surface area contributed by atoms with Gasteiger partial charge in [-0.3, -0.25) is 0 Å². The van der Waals surface area contributed by atoms with Crippen molar-refractivity contribution in [2.75, 3.05) is 0 Å². The van der Waals surface area contributed by atoms with Crippen molar-refractivity contribution < 1.29 is 14.6 Å². The van der Waals surface area contributed by atoms with Crippen molar-refractivity contribution in [1.29, 1.82) is 0 Å². The number of aryl methyl sites for hydroxylation is 2. The van der Waals surface area contributed by atoms with Crippen LogP contribution >= 0.6 is 0 Å². The molecule has 4 nitrogen and oxygen atoms in total. The molecular weight excluding hydrogens is 326 g/mol. The number of carbonyl (C=O) groups is 1. The molecule has 142 valence electrons. The molecule has 1 amide bonds. The predicted octanol–water partition coefficient (Wildman–Crippen LogP) is 4.66. The van der Waals surface area contributed by atoms with Crippen LogP contribution < -0.4 is 5.73 Å². The Morgan fingerprint density at radius 1 is 1.31 bits per heavy atom. The normalized spacial score (nSPS) is 35.3. The van der Waals surface area contributed by atoms with Gasteiger partial charge in [0, 0.05) is 5.41 Å². The summed E-state index contributed by atoms with van der Waals surface area (Å²) in [6.45, 7) is 4.47. The maximum atomic E-state index is 11.3. The van der Waals surface area contributed by atoms with E-state index >= 15 is 0 Å². The minimum Gasteiger partial charge on any atom is -0.508 e. The molecule has 5 atom stereocenters. The molecule has 0 bridgehead atoms. The first-order valence-corrected chi connectivity index (χ1v) is 10.2. The molecular formula is C22H31NO3. The van der Waals surface area contributed by atoms with E-state index in [-0.39, 0.29) is 11.5 Å². The third-order valence-corrected chi connectivity index (χ3v) is 7.61. The lowest BCUT2D eigenvalue weighted by Crippen LogP contribution is -2.45. The fraction of sp³-hybridized carbons (Fsp3) is 0.682. The van der Waals surface area contributed by atoms with E-state index in [4.69, 9.17) is 10.5 Å². The van der Waals surface area contributed by atoms with E-state index in [2.05, 4.69) is 19.9 Å². The summed E-state index contributed by atoms with van der Waals surface area (Å²) in [6.07, 6.45) is 7.84. The van der Waals surface area contributed by atoms with Crippen molar-refractivity contribution in [3.8, 4) is 5.75 Å². The number of benzene rings is 1. The van der Waals surface area contributed by atoms with Gasteiger partial charge in [-0.1, -0.05) is 26.3 Å². The number of primary amides is 1. The van der Waals surface area contributed by atoms with Gasteiger partial charge in [-0.2, -0.15) is 0 Å². The van der Waals surface area contributed by atoms with E-state index in [0.717, 1.165) is 50.5 Å². The van der Waals surface area contributed by atoms with Crippen molar-refractivity contribution in [3.05, 3.63) is 28.8 Å². The number of hydrogen-bond donors (Lipinski definition) is 2. The highest BCUT2D eigenvalue weighted by Gasteiger charge is 2.56. The maximum Gasteiger partial charge on any atom is 0.404 e. The second kappa shape index (κ2) is 6.47. The average Bonchev–Trinajstić information content (AvgIpc) is 2.92. The Morgan fingerprint density at radius 2 is 2.12 bits per heavy atom. The maximum absolute atomic E-state index is 11.3.